The maximum atomic E-state index is 11.2. The zero-order valence-electron chi connectivity index (χ0n) is 10.0. The van der Waals surface area contributed by atoms with Crippen LogP contribution in [0.15, 0.2) is 0 Å². The zero-order valence-corrected chi connectivity index (χ0v) is 10.0. The fraction of sp³-hybridized carbons (Fsp3) is 0.917. The fourth-order valence-electron chi connectivity index (χ4n) is 2.46. The van der Waals surface area contributed by atoms with E-state index < -0.39 is 0 Å². The molecule has 0 heterocycles. The molecule has 1 saturated carbocycles. The standard InChI is InChI=1S/C12H23NO2/c1-8(2)9-4-5-11(13)10(6-9)7-12(14)15-3/h8-11H,4-7,13H2,1-3H3. The Kier molecular flexibility index (Phi) is 4.58. The molecule has 0 aromatic heterocycles. The number of carbonyl (C=O) groups excluding carboxylic acids is 1. The van der Waals surface area contributed by atoms with Crippen LogP contribution < -0.4 is 5.73 Å². The van der Waals surface area contributed by atoms with E-state index in [1.54, 1.807) is 0 Å². The van der Waals surface area contributed by atoms with E-state index in [1.807, 2.05) is 0 Å². The number of carbonyl (C=O) groups is 1. The molecule has 0 aromatic carbocycles. The molecule has 0 radical (unpaired) electrons. The van der Waals surface area contributed by atoms with Gasteiger partial charge in [-0.3, -0.25) is 4.79 Å². The highest BCUT2D eigenvalue weighted by Crippen LogP contribution is 2.34. The van der Waals surface area contributed by atoms with E-state index in [0.29, 0.717) is 18.3 Å². The third kappa shape index (κ3) is 3.49. The van der Waals surface area contributed by atoms with Gasteiger partial charge in [0.05, 0.1) is 7.11 Å². The smallest absolute Gasteiger partial charge is 0.305 e. The molecule has 0 spiro atoms. The number of hydrogen-bond acceptors (Lipinski definition) is 3. The summed E-state index contributed by atoms with van der Waals surface area (Å²) in [7, 11) is 1.44. The number of methoxy groups -OCH3 is 1. The molecule has 15 heavy (non-hydrogen) atoms. The first-order chi connectivity index (χ1) is 7.04. The van der Waals surface area contributed by atoms with Crippen LogP contribution in [0, 0.1) is 17.8 Å². The molecule has 3 heteroatoms. The largest absolute Gasteiger partial charge is 0.469 e. The van der Waals surface area contributed by atoms with Crippen molar-refractivity contribution in [3.8, 4) is 0 Å². The molecule has 88 valence electrons. The van der Waals surface area contributed by atoms with Gasteiger partial charge in [-0.1, -0.05) is 13.8 Å². The minimum atomic E-state index is -0.125. The lowest BCUT2D eigenvalue weighted by Crippen LogP contribution is -2.38. The van der Waals surface area contributed by atoms with Crippen LogP contribution in [0.1, 0.15) is 39.5 Å². The van der Waals surface area contributed by atoms with E-state index in [9.17, 15) is 4.79 Å². The molecule has 0 bridgehead atoms. The summed E-state index contributed by atoms with van der Waals surface area (Å²) >= 11 is 0. The van der Waals surface area contributed by atoms with Crippen LogP contribution in [0.2, 0.25) is 0 Å². The summed E-state index contributed by atoms with van der Waals surface area (Å²) in [4.78, 5) is 11.2. The summed E-state index contributed by atoms with van der Waals surface area (Å²) in [5, 5.41) is 0. The second-order valence-corrected chi connectivity index (χ2v) is 5.02. The molecule has 3 nitrogen and oxygen atoms in total. The normalized spacial score (nSPS) is 31.7. The molecule has 0 amide bonds. The summed E-state index contributed by atoms with van der Waals surface area (Å²) in [6, 6.07) is 0.180. The third-order valence-electron chi connectivity index (χ3n) is 3.68. The molecule has 3 atom stereocenters. The van der Waals surface area contributed by atoms with Crippen molar-refractivity contribution in [1.82, 2.24) is 0 Å². The summed E-state index contributed by atoms with van der Waals surface area (Å²) in [5.41, 5.74) is 6.04. The molecule has 0 aromatic rings. The van der Waals surface area contributed by atoms with Gasteiger partial charge in [0.25, 0.3) is 0 Å². The first-order valence-corrected chi connectivity index (χ1v) is 5.87. The molecule has 1 rings (SSSR count). The van der Waals surface area contributed by atoms with E-state index in [2.05, 4.69) is 13.8 Å². The molecular weight excluding hydrogens is 190 g/mol. The molecule has 1 fully saturated rings. The van der Waals surface area contributed by atoms with Gasteiger partial charge in [-0.25, -0.2) is 0 Å². The SMILES string of the molecule is COC(=O)CC1CC(C(C)C)CCC1N. The van der Waals surface area contributed by atoms with Gasteiger partial charge >= 0.3 is 5.97 Å². The van der Waals surface area contributed by atoms with Crippen LogP contribution in [0.5, 0.6) is 0 Å². The summed E-state index contributed by atoms with van der Waals surface area (Å²) in [6.45, 7) is 4.49. The Bertz CT molecular complexity index is 216. The Balaban J connectivity index is 2.49. The zero-order chi connectivity index (χ0) is 11.4. The first-order valence-electron chi connectivity index (χ1n) is 5.87. The van der Waals surface area contributed by atoms with Crippen molar-refractivity contribution < 1.29 is 9.53 Å². The van der Waals surface area contributed by atoms with Crippen LogP contribution in [0.25, 0.3) is 0 Å². The van der Waals surface area contributed by atoms with Crippen molar-refractivity contribution in [3.63, 3.8) is 0 Å². The Hall–Kier alpha value is -0.570. The number of esters is 1. The van der Waals surface area contributed by atoms with Crippen LogP contribution in [-0.2, 0) is 9.53 Å². The van der Waals surface area contributed by atoms with E-state index in [0.717, 1.165) is 18.8 Å². The predicted octanol–water partition coefficient (Wildman–Crippen LogP) is 1.95. The second-order valence-electron chi connectivity index (χ2n) is 5.02. The lowest BCUT2D eigenvalue weighted by atomic mass is 9.73. The molecule has 2 N–H and O–H groups in total. The lowest BCUT2D eigenvalue weighted by molar-refractivity contribution is -0.142. The predicted molar refractivity (Wildman–Crippen MR) is 60.3 cm³/mol. The van der Waals surface area contributed by atoms with E-state index in [4.69, 9.17) is 10.5 Å². The molecule has 1 aliphatic rings. The van der Waals surface area contributed by atoms with Gasteiger partial charge in [-0.05, 0) is 37.0 Å². The van der Waals surface area contributed by atoms with Crippen molar-refractivity contribution in [2.24, 2.45) is 23.5 Å². The Morgan fingerprint density at radius 3 is 2.67 bits per heavy atom. The maximum Gasteiger partial charge on any atom is 0.305 e. The van der Waals surface area contributed by atoms with Crippen molar-refractivity contribution in [1.29, 1.82) is 0 Å². The Morgan fingerprint density at radius 2 is 2.13 bits per heavy atom. The van der Waals surface area contributed by atoms with E-state index in [-0.39, 0.29) is 12.0 Å². The summed E-state index contributed by atoms with van der Waals surface area (Å²) < 4.78 is 4.70. The number of ether oxygens (including phenoxy) is 1. The quantitative estimate of drug-likeness (QED) is 0.729. The highest BCUT2D eigenvalue weighted by molar-refractivity contribution is 5.69. The first kappa shape index (κ1) is 12.5. The highest BCUT2D eigenvalue weighted by Gasteiger charge is 2.31. The van der Waals surface area contributed by atoms with E-state index >= 15 is 0 Å². The fourth-order valence-corrected chi connectivity index (χ4v) is 2.46. The van der Waals surface area contributed by atoms with Crippen LogP contribution in [-0.4, -0.2) is 19.1 Å². The number of rotatable bonds is 3. The summed E-state index contributed by atoms with van der Waals surface area (Å²) in [5.74, 6) is 1.61. The topological polar surface area (TPSA) is 52.3 Å². The van der Waals surface area contributed by atoms with Crippen LogP contribution in [0.3, 0.4) is 0 Å². The average molecular weight is 213 g/mol. The van der Waals surface area contributed by atoms with E-state index in [1.165, 1.54) is 13.5 Å². The lowest BCUT2D eigenvalue weighted by Gasteiger charge is -2.35. The molecule has 1 aliphatic carbocycles. The van der Waals surface area contributed by atoms with Gasteiger partial charge in [0.2, 0.25) is 0 Å². The average Bonchev–Trinajstić information content (AvgIpc) is 2.20. The molecular formula is C12H23NO2. The molecule has 3 unspecified atom stereocenters. The van der Waals surface area contributed by atoms with Crippen molar-refractivity contribution >= 4 is 5.97 Å². The van der Waals surface area contributed by atoms with Gasteiger partial charge in [0.1, 0.15) is 0 Å². The van der Waals surface area contributed by atoms with Gasteiger partial charge in [0.15, 0.2) is 0 Å². The van der Waals surface area contributed by atoms with Gasteiger partial charge < -0.3 is 10.5 Å². The second kappa shape index (κ2) is 5.50. The van der Waals surface area contributed by atoms with Crippen LogP contribution >= 0.6 is 0 Å². The monoisotopic (exact) mass is 213 g/mol. The van der Waals surface area contributed by atoms with Gasteiger partial charge in [-0.15, -0.1) is 0 Å². The molecule has 0 saturated heterocycles. The van der Waals surface area contributed by atoms with Gasteiger partial charge in [-0.2, -0.15) is 0 Å². The van der Waals surface area contributed by atoms with Gasteiger partial charge in [0, 0.05) is 12.5 Å². The Morgan fingerprint density at radius 1 is 1.47 bits per heavy atom. The number of nitrogens with two attached hydrogens (primary N) is 1. The van der Waals surface area contributed by atoms with Crippen molar-refractivity contribution in [2.75, 3.05) is 7.11 Å². The van der Waals surface area contributed by atoms with Crippen molar-refractivity contribution in [2.45, 2.75) is 45.6 Å². The van der Waals surface area contributed by atoms with Crippen molar-refractivity contribution in [3.05, 3.63) is 0 Å². The maximum absolute atomic E-state index is 11.2. The Labute approximate surface area is 92.4 Å². The number of hydrogen-bond donors (Lipinski definition) is 1. The third-order valence-corrected chi connectivity index (χ3v) is 3.68. The van der Waals surface area contributed by atoms with Crippen LogP contribution in [0.4, 0.5) is 0 Å². The minimum Gasteiger partial charge on any atom is -0.469 e. The molecule has 0 aliphatic heterocycles. The highest BCUT2D eigenvalue weighted by atomic mass is 16.5. The minimum absolute atomic E-state index is 0.125. The summed E-state index contributed by atoms with van der Waals surface area (Å²) in [6.07, 6.45) is 3.82.